The lowest BCUT2D eigenvalue weighted by atomic mass is 10.0. The van der Waals surface area contributed by atoms with E-state index in [1.54, 1.807) is 0 Å². The lowest BCUT2D eigenvalue weighted by Gasteiger charge is -2.23. The van der Waals surface area contributed by atoms with Crippen LogP contribution in [0, 0.1) is 5.92 Å². The maximum Gasteiger partial charge on any atom is 0.331 e. The Bertz CT molecular complexity index is 305. The highest BCUT2D eigenvalue weighted by atomic mass is 28.4. The molecule has 2 nitrogen and oxygen atoms in total. The van der Waals surface area contributed by atoms with Crippen molar-refractivity contribution in [3.05, 3.63) is 0 Å². The molecule has 0 rings (SSSR count). The molecular formula is C25H54O2Si. The molecular weight excluding hydrogens is 360 g/mol. The highest BCUT2D eigenvalue weighted by Gasteiger charge is 2.23. The summed E-state index contributed by atoms with van der Waals surface area (Å²) in [6.07, 6.45) is 23.6. The molecule has 0 aromatic heterocycles. The van der Waals surface area contributed by atoms with Crippen LogP contribution in [-0.2, 0) is 8.85 Å². The van der Waals surface area contributed by atoms with Gasteiger partial charge in [0.1, 0.15) is 0 Å². The molecule has 0 unspecified atom stereocenters. The van der Waals surface area contributed by atoms with Crippen LogP contribution in [0.25, 0.3) is 0 Å². The van der Waals surface area contributed by atoms with Gasteiger partial charge in [0.05, 0.1) is 0 Å². The van der Waals surface area contributed by atoms with Gasteiger partial charge in [-0.25, -0.2) is 0 Å². The van der Waals surface area contributed by atoms with E-state index in [-0.39, 0.29) is 0 Å². The summed E-state index contributed by atoms with van der Waals surface area (Å²) in [7, 11) is -1.88. The topological polar surface area (TPSA) is 18.5 Å². The van der Waals surface area contributed by atoms with Crippen molar-refractivity contribution < 1.29 is 8.85 Å². The largest absolute Gasteiger partial charge is 0.395 e. The average Bonchev–Trinajstić information content (AvgIpc) is 2.65. The third-order valence-corrected chi connectivity index (χ3v) is 7.37. The van der Waals surface area contributed by atoms with Gasteiger partial charge in [-0.05, 0) is 38.3 Å². The van der Waals surface area contributed by atoms with Crippen LogP contribution in [0.15, 0.2) is 0 Å². The predicted octanol–water partition coefficient (Wildman–Crippen LogP) is 9.03. The van der Waals surface area contributed by atoms with Crippen LogP contribution in [0.4, 0.5) is 0 Å². The second kappa shape index (κ2) is 20.4. The van der Waals surface area contributed by atoms with E-state index in [9.17, 15) is 0 Å². The van der Waals surface area contributed by atoms with Gasteiger partial charge in [-0.1, -0.05) is 111 Å². The molecule has 0 aliphatic carbocycles. The Morgan fingerprint density at radius 2 is 0.893 bits per heavy atom. The van der Waals surface area contributed by atoms with Crippen LogP contribution in [0.5, 0.6) is 0 Å². The van der Waals surface area contributed by atoms with Crippen molar-refractivity contribution in [2.45, 2.75) is 143 Å². The maximum absolute atomic E-state index is 6.07. The van der Waals surface area contributed by atoms with Crippen molar-refractivity contribution in [2.75, 3.05) is 13.2 Å². The second-order valence-corrected chi connectivity index (χ2v) is 13.0. The van der Waals surface area contributed by atoms with E-state index in [1.165, 1.54) is 103 Å². The first-order valence-electron chi connectivity index (χ1n) is 12.8. The number of hydrogen-bond donors (Lipinski definition) is 0. The van der Waals surface area contributed by atoms with E-state index >= 15 is 0 Å². The highest BCUT2D eigenvalue weighted by molar-refractivity contribution is 6.64. The zero-order valence-electron chi connectivity index (χ0n) is 20.3. The van der Waals surface area contributed by atoms with Gasteiger partial charge in [0.15, 0.2) is 0 Å². The standard InChI is InChI=1S/C25H54O2Si/c1-6-7-8-9-10-11-12-13-14-15-16-17-18-19-20-23-26-28(4,5)27-24-21-22-25(2)3/h25H,6-24H2,1-5H3. The Hall–Kier alpha value is 0.137. The molecule has 170 valence electrons. The number of unbranched alkanes of at least 4 members (excludes halogenated alkanes) is 14. The molecule has 0 aromatic rings. The van der Waals surface area contributed by atoms with Crippen molar-refractivity contribution in [2.24, 2.45) is 5.92 Å². The van der Waals surface area contributed by atoms with E-state index in [0.29, 0.717) is 0 Å². The van der Waals surface area contributed by atoms with E-state index in [4.69, 9.17) is 8.85 Å². The van der Waals surface area contributed by atoms with Crippen LogP contribution >= 0.6 is 0 Å². The third kappa shape index (κ3) is 22.4. The summed E-state index contributed by atoms with van der Waals surface area (Å²) >= 11 is 0. The zero-order valence-corrected chi connectivity index (χ0v) is 21.3. The molecule has 0 atom stereocenters. The molecule has 0 amide bonds. The lowest BCUT2D eigenvalue weighted by molar-refractivity contribution is 0.171. The van der Waals surface area contributed by atoms with E-state index in [0.717, 1.165) is 25.6 Å². The van der Waals surface area contributed by atoms with Crippen LogP contribution in [0.1, 0.15) is 130 Å². The SMILES string of the molecule is CCCCCCCCCCCCCCCCCO[Si](C)(C)OCCCC(C)C. The Labute approximate surface area is 179 Å². The minimum atomic E-state index is -1.88. The molecule has 0 aliphatic heterocycles. The van der Waals surface area contributed by atoms with E-state index in [1.807, 2.05) is 0 Å². The molecule has 0 saturated carbocycles. The number of rotatable bonds is 22. The van der Waals surface area contributed by atoms with Crippen molar-refractivity contribution in [3.63, 3.8) is 0 Å². The fraction of sp³-hybridized carbons (Fsp3) is 1.00. The Balaban J connectivity index is 3.24. The quantitative estimate of drug-likeness (QED) is 0.130. The fourth-order valence-corrected chi connectivity index (χ4v) is 5.00. The summed E-state index contributed by atoms with van der Waals surface area (Å²) < 4.78 is 12.1. The average molecular weight is 415 g/mol. The summed E-state index contributed by atoms with van der Waals surface area (Å²) in [6.45, 7) is 13.0. The van der Waals surface area contributed by atoms with Crippen LogP contribution in [-0.4, -0.2) is 21.8 Å². The Kier molecular flexibility index (Phi) is 20.5. The highest BCUT2D eigenvalue weighted by Crippen LogP contribution is 2.14. The summed E-state index contributed by atoms with van der Waals surface area (Å²) in [5.41, 5.74) is 0. The second-order valence-electron chi connectivity index (χ2n) is 9.58. The first-order chi connectivity index (χ1) is 13.5. The number of hydrogen-bond acceptors (Lipinski definition) is 2. The molecule has 0 aromatic carbocycles. The Morgan fingerprint density at radius 1 is 0.536 bits per heavy atom. The smallest absolute Gasteiger partial charge is 0.331 e. The first kappa shape index (κ1) is 28.1. The van der Waals surface area contributed by atoms with Gasteiger partial charge in [-0.15, -0.1) is 0 Å². The van der Waals surface area contributed by atoms with Gasteiger partial charge in [0.2, 0.25) is 0 Å². The zero-order chi connectivity index (χ0) is 20.9. The molecule has 0 fully saturated rings. The molecule has 0 radical (unpaired) electrons. The molecule has 0 bridgehead atoms. The first-order valence-corrected chi connectivity index (χ1v) is 15.6. The minimum Gasteiger partial charge on any atom is -0.395 e. The normalized spacial score (nSPS) is 12.2. The molecule has 0 N–H and O–H groups in total. The van der Waals surface area contributed by atoms with Crippen molar-refractivity contribution in [1.29, 1.82) is 0 Å². The van der Waals surface area contributed by atoms with Crippen molar-refractivity contribution in [1.82, 2.24) is 0 Å². The van der Waals surface area contributed by atoms with Crippen LogP contribution in [0.2, 0.25) is 13.1 Å². The molecule has 0 aliphatic rings. The molecule has 0 heterocycles. The van der Waals surface area contributed by atoms with E-state index in [2.05, 4.69) is 33.9 Å². The summed E-state index contributed by atoms with van der Waals surface area (Å²) in [6, 6.07) is 0. The minimum absolute atomic E-state index is 0.773. The predicted molar refractivity (Wildman–Crippen MR) is 128 cm³/mol. The van der Waals surface area contributed by atoms with Gasteiger partial charge in [0, 0.05) is 13.2 Å². The molecule has 0 saturated heterocycles. The summed E-state index contributed by atoms with van der Waals surface area (Å²) in [5.74, 6) is 0.773. The maximum atomic E-state index is 6.07. The monoisotopic (exact) mass is 414 g/mol. The summed E-state index contributed by atoms with van der Waals surface area (Å²) in [4.78, 5) is 0. The van der Waals surface area contributed by atoms with Crippen molar-refractivity contribution >= 4 is 8.56 Å². The Morgan fingerprint density at radius 3 is 1.29 bits per heavy atom. The molecule has 28 heavy (non-hydrogen) atoms. The van der Waals surface area contributed by atoms with Crippen LogP contribution < -0.4 is 0 Å². The van der Waals surface area contributed by atoms with Gasteiger partial charge >= 0.3 is 8.56 Å². The van der Waals surface area contributed by atoms with Crippen molar-refractivity contribution in [3.8, 4) is 0 Å². The lowest BCUT2D eigenvalue weighted by Crippen LogP contribution is -2.35. The summed E-state index contributed by atoms with van der Waals surface area (Å²) in [5, 5.41) is 0. The van der Waals surface area contributed by atoms with Crippen LogP contribution in [0.3, 0.4) is 0 Å². The fourth-order valence-electron chi connectivity index (χ4n) is 3.64. The third-order valence-electron chi connectivity index (χ3n) is 5.57. The van der Waals surface area contributed by atoms with Gasteiger partial charge in [0.25, 0.3) is 0 Å². The molecule has 3 heteroatoms. The van der Waals surface area contributed by atoms with Gasteiger partial charge in [-0.3, -0.25) is 0 Å². The van der Waals surface area contributed by atoms with Gasteiger partial charge in [-0.2, -0.15) is 0 Å². The molecule has 0 spiro atoms. The van der Waals surface area contributed by atoms with E-state index < -0.39 is 8.56 Å². The van der Waals surface area contributed by atoms with Gasteiger partial charge < -0.3 is 8.85 Å².